The van der Waals surface area contributed by atoms with E-state index in [1.807, 2.05) is 13.8 Å². The van der Waals surface area contributed by atoms with Gasteiger partial charge < -0.3 is 4.42 Å². The van der Waals surface area contributed by atoms with Gasteiger partial charge >= 0.3 is 0 Å². The van der Waals surface area contributed by atoms with E-state index in [0.717, 1.165) is 5.04 Å². The van der Waals surface area contributed by atoms with Gasteiger partial charge in [0.25, 0.3) is 11.6 Å². The number of nitro benzene ring substituents is 1. The zero-order chi connectivity index (χ0) is 20.7. The van der Waals surface area contributed by atoms with Crippen molar-refractivity contribution in [2.45, 2.75) is 13.8 Å². The lowest BCUT2D eigenvalue weighted by Crippen LogP contribution is -2.35. The van der Waals surface area contributed by atoms with Crippen molar-refractivity contribution >= 4 is 45.5 Å². The van der Waals surface area contributed by atoms with E-state index in [1.54, 1.807) is 24.3 Å². The molecular weight excluding hydrogens is 394 g/mol. The number of fused-ring (bicyclic) bond motifs is 1. The lowest BCUT2D eigenvalue weighted by Gasteiger charge is -2.19. The maximum atomic E-state index is 12.4. The molecule has 2 aliphatic rings. The number of nitro groups is 1. The fourth-order valence-electron chi connectivity index (χ4n) is 2.72. The predicted molar refractivity (Wildman–Crippen MR) is 111 cm³/mol. The van der Waals surface area contributed by atoms with Crippen LogP contribution in [0.15, 0.2) is 56.5 Å². The number of amides is 1. The van der Waals surface area contributed by atoms with Gasteiger partial charge in [0.2, 0.25) is 5.17 Å². The van der Waals surface area contributed by atoms with Gasteiger partial charge in [-0.15, -0.1) is 0 Å². The zero-order valence-electron chi connectivity index (χ0n) is 15.4. The van der Waals surface area contributed by atoms with Gasteiger partial charge in [0, 0.05) is 23.6 Å². The summed E-state index contributed by atoms with van der Waals surface area (Å²) < 4.78 is 5.74. The molecule has 0 saturated carbocycles. The third-order valence-electron chi connectivity index (χ3n) is 4.24. The van der Waals surface area contributed by atoms with E-state index in [-0.39, 0.29) is 23.0 Å². The van der Waals surface area contributed by atoms with Crippen molar-refractivity contribution in [2.75, 3.05) is 0 Å². The van der Waals surface area contributed by atoms with E-state index in [1.165, 1.54) is 35.0 Å². The molecule has 2 aromatic rings. The zero-order valence-corrected chi connectivity index (χ0v) is 16.3. The number of nitrogens with zero attached hydrogens (tertiary/aromatic N) is 4. The van der Waals surface area contributed by atoms with E-state index in [2.05, 4.69) is 10.1 Å². The number of amidine groups is 2. The first-order valence-corrected chi connectivity index (χ1v) is 9.50. The molecule has 146 valence electrons. The molecule has 0 aliphatic carbocycles. The van der Waals surface area contributed by atoms with Crippen LogP contribution in [0.2, 0.25) is 0 Å². The molecule has 0 radical (unpaired) electrons. The molecule has 3 heterocycles. The van der Waals surface area contributed by atoms with Crippen LogP contribution in [-0.4, -0.2) is 31.9 Å². The van der Waals surface area contributed by atoms with Crippen LogP contribution in [-0.2, 0) is 4.79 Å². The number of hydrogen-bond donors (Lipinski definition) is 1. The van der Waals surface area contributed by atoms with Crippen LogP contribution in [0, 0.1) is 21.4 Å². The highest BCUT2D eigenvalue weighted by atomic mass is 32.2. The predicted octanol–water partition coefficient (Wildman–Crippen LogP) is 4.13. The lowest BCUT2D eigenvalue weighted by atomic mass is 10.1. The molecule has 1 aromatic carbocycles. The second-order valence-electron chi connectivity index (χ2n) is 6.62. The SMILES string of the molecule is CC(C)C1=NN2C(=N)/C(=C/c3ccc(-c4ccc([N+](=O)[O-])cc4)o3)C(=O)N=C2S1. The number of aliphatic imine (C=N–C) groups is 1. The smallest absolute Gasteiger partial charge is 0.283 e. The Morgan fingerprint density at radius 1 is 1.24 bits per heavy atom. The molecule has 2 aliphatic heterocycles. The number of hydrogen-bond acceptors (Lipinski definition) is 7. The standard InChI is InChI=1S/C19H15N5O4S/c1-10(2)18-22-23-16(20)14(17(25)21-19(23)29-18)9-13-7-8-15(28-13)11-3-5-12(6-4-11)24(26)27/h3-10,20H,1-2H3/b14-9-,20-16?. The first-order chi connectivity index (χ1) is 13.8. The number of non-ortho nitro benzene ring substituents is 1. The summed E-state index contributed by atoms with van der Waals surface area (Å²) in [7, 11) is 0. The molecule has 1 N–H and O–H groups in total. The van der Waals surface area contributed by atoms with Crippen LogP contribution in [0.5, 0.6) is 0 Å². The summed E-state index contributed by atoms with van der Waals surface area (Å²) in [4.78, 5) is 26.7. The minimum atomic E-state index is -0.526. The summed E-state index contributed by atoms with van der Waals surface area (Å²) >= 11 is 1.29. The number of furan rings is 1. The topological polar surface area (TPSA) is 125 Å². The van der Waals surface area contributed by atoms with Crippen LogP contribution in [0.4, 0.5) is 5.69 Å². The van der Waals surface area contributed by atoms with E-state index >= 15 is 0 Å². The third-order valence-corrected chi connectivity index (χ3v) is 5.45. The molecule has 29 heavy (non-hydrogen) atoms. The van der Waals surface area contributed by atoms with Crippen LogP contribution >= 0.6 is 11.8 Å². The quantitative estimate of drug-likeness (QED) is 0.460. The van der Waals surface area contributed by atoms with E-state index in [4.69, 9.17) is 9.83 Å². The van der Waals surface area contributed by atoms with Gasteiger partial charge in [0.05, 0.1) is 10.5 Å². The Kier molecular flexibility index (Phi) is 4.63. The van der Waals surface area contributed by atoms with Crippen LogP contribution in [0.1, 0.15) is 19.6 Å². The normalized spacial score (nSPS) is 17.6. The Morgan fingerprint density at radius 3 is 2.62 bits per heavy atom. The molecule has 0 unspecified atom stereocenters. The van der Waals surface area contributed by atoms with E-state index in [0.29, 0.717) is 22.3 Å². The molecule has 0 atom stereocenters. The van der Waals surface area contributed by atoms with Crippen molar-refractivity contribution in [2.24, 2.45) is 16.0 Å². The Balaban J connectivity index is 1.61. The van der Waals surface area contributed by atoms with Crippen molar-refractivity contribution in [1.29, 1.82) is 5.41 Å². The summed E-state index contributed by atoms with van der Waals surface area (Å²) in [5, 5.41) is 26.0. The van der Waals surface area contributed by atoms with E-state index < -0.39 is 10.8 Å². The van der Waals surface area contributed by atoms with Gasteiger partial charge in [-0.3, -0.25) is 20.3 Å². The van der Waals surface area contributed by atoms with Crippen LogP contribution in [0.25, 0.3) is 17.4 Å². The minimum Gasteiger partial charge on any atom is -0.457 e. The molecule has 0 fully saturated rings. The fourth-order valence-corrected chi connectivity index (χ4v) is 3.61. The summed E-state index contributed by atoms with van der Waals surface area (Å²) in [6.45, 7) is 3.96. The number of carbonyl (C=O) groups excluding carboxylic acids is 1. The number of hydrazone groups is 1. The maximum absolute atomic E-state index is 12.4. The molecule has 10 heteroatoms. The van der Waals surface area contributed by atoms with Crippen molar-refractivity contribution in [3.8, 4) is 11.3 Å². The molecule has 1 amide bonds. The highest BCUT2D eigenvalue weighted by molar-refractivity contribution is 8.27. The van der Waals surface area contributed by atoms with Crippen molar-refractivity contribution in [3.05, 3.63) is 57.8 Å². The van der Waals surface area contributed by atoms with Gasteiger partial charge in [0.1, 0.15) is 16.6 Å². The average molecular weight is 409 g/mol. The van der Waals surface area contributed by atoms with Gasteiger partial charge in [-0.1, -0.05) is 13.8 Å². The minimum absolute atomic E-state index is 0.0117. The third kappa shape index (κ3) is 3.49. The first kappa shape index (κ1) is 18.8. The van der Waals surface area contributed by atoms with Crippen LogP contribution in [0.3, 0.4) is 0 Å². The van der Waals surface area contributed by atoms with Gasteiger partial charge in [0.15, 0.2) is 5.84 Å². The number of nitrogens with one attached hydrogen (secondary N) is 1. The van der Waals surface area contributed by atoms with Gasteiger partial charge in [-0.25, -0.2) is 0 Å². The Bertz CT molecular complexity index is 1130. The summed E-state index contributed by atoms with van der Waals surface area (Å²) in [5.41, 5.74) is 0.725. The van der Waals surface area contributed by atoms with Crippen molar-refractivity contribution < 1.29 is 14.1 Å². The Hall–Kier alpha value is -3.53. The molecule has 1 aromatic heterocycles. The maximum Gasteiger partial charge on any atom is 0.283 e. The number of rotatable bonds is 4. The summed E-state index contributed by atoms with van der Waals surface area (Å²) in [6.07, 6.45) is 1.45. The first-order valence-electron chi connectivity index (χ1n) is 8.68. The highest BCUT2D eigenvalue weighted by Crippen LogP contribution is 2.31. The summed E-state index contributed by atoms with van der Waals surface area (Å²) in [5.74, 6) is 0.434. The van der Waals surface area contributed by atoms with Crippen LogP contribution < -0.4 is 0 Å². The highest BCUT2D eigenvalue weighted by Gasteiger charge is 2.36. The molecule has 0 spiro atoms. The summed E-state index contributed by atoms with van der Waals surface area (Å²) in [6, 6.07) is 9.30. The monoisotopic (exact) mass is 409 g/mol. The second-order valence-corrected chi connectivity index (χ2v) is 7.61. The molecule has 0 bridgehead atoms. The van der Waals surface area contributed by atoms with Crippen molar-refractivity contribution in [1.82, 2.24) is 5.01 Å². The molecule has 4 rings (SSSR count). The molecular formula is C19H15N5O4S. The lowest BCUT2D eigenvalue weighted by molar-refractivity contribution is -0.384. The van der Waals surface area contributed by atoms with Gasteiger partial charge in [-0.2, -0.15) is 15.1 Å². The second kappa shape index (κ2) is 7.13. The Labute approximate surface area is 169 Å². The average Bonchev–Trinajstić information content (AvgIpc) is 3.32. The molecule has 0 saturated heterocycles. The fraction of sp³-hybridized carbons (Fsp3) is 0.158. The number of benzene rings is 1. The molecule has 9 nitrogen and oxygen atoms in total. The Morgan fingerprint density at radius 2 is 1.97 bits per heavy atom. The van der Waals surface area contributed by atoms with Crippen molar-refractivity contribution in [3.63, 3.8) is 0 Å². The van der Waals surface area contributed by atoms with E-state index in [9.17, 15) is 14.9 Å². The largest absolute Gasteiger partial charge is 0.457 e. The number of carbonyl (C=O) groups is 1. The number of thioether (sulfide) groups is 1. The van der Waals surface area contributed by atoms with Gasteiger partial charge in [-0.05, 0) is 42.1 Å².